The average molecular weight is 428 g/mol. The Balaban J connectivity index is 0.00000225. The van der Waals surface area contributed by atoms with Crippen molar-refractivity contribution in [2.45, 2.75) is 24.9 Å². The Morgan fingerprint density at radius 1 is 1.00 bits per heavy atom. The zero-order valence-corrected chi connectivity index (χ0v) is 17.3. The van der Waals surface area contributed by atoms with Crippen LogP contribution >= 0.6 is 24.0 Å². The molecule has 1 aromatic carbocycles. The number of hydrogen-bond acceptors (Lipinski definition) is 5. The minimum absolute atomic E-state index is 0. The summed E-state index contributed by atoms with van der Waals surface area (Å²) < 4.78 is 0. The molecule has 0 aliphatic carbocycles. The van der Waals surface area contributed by atoms with E-state index >= 15 is 0 Å². The van der Waals surface area contributed by atoms with Crippen LogP contribution in [-0.4, -0.2) is 73.0 Å². The number of hydrogen-bond donors (Lipinski definition) is 3. The maximum absolute atomic E-state index is 13.1. The number of benzene rings is 1. The minimum Gasteiger partial charge on any atom is -0.339 e. The highest BCUT2D eigenvalue weighted by molar-refractivity contribution is 6.30. The molecule has 28 heavy (non-hydrogen) atoms. The summed E-state index contributed by atoms with van der Waals surface area (Å²) in [4.78, 5) is 29.5. The molecule has 0 radical (unpaired) electrons. The predicted molar refractivity (Wildman–Crippen MR) is 111 cm³/mol. The standard InChI is InChI=1S/C19H26ClN5O2.ClH/c20-14-4-2-13(3-5-14)18(26)24-8-1-9-25(11-10-24)19(27)17-15-12-21-7-6-16(15)22-23-17;/h2-5,15-17,21-23H,1,6-12H2;1H. The molecule has 3 fully saturated rings. The monoisotopic (exact) mass is 427 g/mol. The molecule has 4 rings (SSSR count). The van der Waals surface area contributed by atoms with Gasteiger partial charge in [0.2, 0.25) is 5.91 Å². The fourth-order valence-corrected chi connectivity index (χ4v) is 4.40. The largest absolute Gasteiger partial charge is 0.339 e. The van der Waals surface area contributed by atoms with Gasteiger partial charge in [0.25, 0.3) is 5.91 Å². The van der Waals surface area contributed by atoms with Gasteiger partial charge in [-0.15, -0.1) is 12.4 Å². The number of nitrogens with zero attached hydrogens (tertiary/aromatic N) is 2. The third-order valence-electron chi connectivity index (χ3n) is 5.83. The molecule has 3 aliphatic rings. The van der Waals surface area contributed by atoms with Gasteiger partial charge in [-0.2, -0.15) is 0 Å². The summed E-state index contributed by atoms with van der Waals surface area (Å²) in [6, 6.07) is 7.13. The highest BCUT2D eigenvalue weighted by Crippen LogP contribution is 2.22. The number of amides is 2. The number of carbonyl (C=O) groups is 2. The van der Waals surface area contributed by atoms with E-state index in [4.69, 9.17) is 11.6 Å². The Labute approximate surface area is 176 Å². The van der Waals surface area contributed by atoms with Crippen LogP contribution < -0.4 is 16.2 Å². The van der Waals surface area contributed by atoms with Crippen molar-refractivity contribution in [3.05, 3.63) is 34.9 Å². The number of hydrazine groups is 1. The molecule has 1 aromatic rings. The zero-order chi connectivity index (χ0) is 18.8. The van der Waals surface area contributed by atoms with Gasteiger partial charge in [0.15, 0.2) is 0 Å². The first-order chi connectivity index (χ1) is 13.1. The minimum atomic E-state index is -0.193. The summed E-state index contributed by atoms with van der Waals surface area (Å²) in [5, 5.41) is 4.01. The van der Waals surface area contributed by atoms with Crippen LogP contribution in [0.2, 0.25) is 5.02 Å². The van der Waals surface area contributed by atoms with Crippen LogP contribution in [0.25, 0.3) is 0 Å². The van der Waals surface area contributed by atoms with Crippen molar-refractivity contribution in [2.75, 3.05) is 39.3 Å². The van der Waals surface area contributed by atoms with Crippen molar-refractivity contribution in [3.8, 4) is 0 Å². The lowest BCUT2D eigenvalue weighted by Crippen LogP contribution is -2.51. The van der Waals surface area contributed by atoms with Crippen molar-refractivity contribution in [1.29, 1.82) is 0 Å². The van der Waals surface area contributed by atoms with Crippen LogP contribution in [0.4, 0.5) is 0 Å². The zero-order valence-electron chi connectivity index (χ0n) is 15.7. The van der Waals surface area contributed by atoms with Gasteiger partial charge in [-0.05, 0) is 43.7 Å². The summed E-state index contributed by atoms with van der Waals surface area (Å²) in [6.07, 6.45) is 1.82. The topological polar surface area (TPSA) is 76.7 Å². The molecule has 9 heteroatoms. The van der Waals surface area contributed by atoms with Crippen LogP contribution in [-0.2, 0) is 4.79 Å². The molecule has 3 aliphatic heterocycles. The molecule has 3 atom stereocenters. The Morgan fingerprint density at radius 2 is 1.71 bits per heavy atom. The first-order valence-electron chi connectivity index (χ1n) is 9.69. The van der Waals surface area contributed by atoms with Crippen molar-refractivity contribution >= 4 is 35.8 Å². The highest BCUT2D eigenvalue weighted by Gasteiger charge is 2.42. The van der Waals surface area contributed by atoms with Gasteiger partial charge in [0.05, 0.1) is 0 Å². The normalized spacial score (nSPS) is 27.5. The second kappa shape index (κ2) is 9.41. The van der Waals surface area contributed by atoms with E-state index in [2.05, 4.69) is 16.2 Å². The lowest BCUT2D eigenvalue weighted by molar-refractivity contribution is -0.134. The van der Waals surface area contributed by atoms with Crippen molar-refractivity contribution < 1.29 is 9.59 Å². The fourth-order valence-electron chi connectivity index (χ4n) is 4.27. The Hall–Kier alpha value is -1.38. The lowest BCUT2D eigenvalue weighted by atomic mass is 9.89. The van der Waals surface area contributed by atoms with Gasteiger partial charge in [-0.3, -0.25) is 15.0 Å². The van der Waals surface area contributed by atoms with E-state index in [1.807, 2.05) is 9.80 Å². The first kappa shape index (κ1) is 21.3. The predicted octanol–water partition coefficient (Wildman–Crippen LogP) is 0.891. The Morgan fingerprint density at radius 3 is 2.50 bits per heavy atom. The van der Waals surface area contributed by atoms with Crippen molar-refractivity contribution in [1.82, 2.24) is 26.0 Å². The van der Waals surface area contributed by atoms with E-state index in [1.165, 1.54) is 0 Å². The van der Waals surface area contributed by atoms with Crippen LogP contribution in [0.3, 0.4) is 0 Å². The molecule has 3 unspecified atom stereocenters. The number of halogens is 2. The summed E-state index contributed by atoms with van der Waals surface area (Å²) in [6.45, 7) is 4.32. The smallest absolute Gasteiger partial charge is 0.253 e. The number of piperidine rings is 1. The van der Waals surface area contributed by atoms with Crippen molar-refractivity contribution in [3.63, 3.8) is 0 Å². The van der Waals surface area contributed by atoms with E-state index in [0.717, 1.165) is 25.9 Å². The molecule has 0 saturated carbocycles. The molecule has 7 nitrogen and oxygen atoms in total. The van der Waals surface area contributed by atoms with E-state index < -0.39 is 0 Å². The van der Waals surface area contributed by atoms with E-state index in [-0.39, 0.29) is 36.2 Å². The van der Waals surface area contributed by atoms with Gasteiger partial charge in [-0.1, -0.05) is 11.6 Å². The summed E-state index contributed by atoms with van der Waals surface area (Å²) >= 11 is 5.91. The molecule has 0 spiro atoms. The Kier molecular flexibility index (Phi) is 7.17. The second-order valence-electron chi connectivity index (χ2n) is 7.51. The van der Waals surface area contributed by atoms with Crippen LogP contribution in [0.1, 0.15) is 23.2 Å². The van der Waals surface area contributed by atoms with Crippen LogP contribution in [0.5, 0.6) is 0 Å². The molecule has 3 N–H and O–H groups in total. The van der Waals surface area contributed by atoms with Gasteiger partial charge >= 0.3 is 0 Å². The number of rotatable bonds is 2. The van der Waals surface area contributed by atoms with Gasteiger partial charge in [-0.25, -0.2) is 5.43 Å². The summed E-state index contributed by atoms with van der Waals surface area (Å²) in [7, 11) is 0. The molecule has 3 saturated heterocycles. The maximum Gasteiger partial charge on any atom is 0.253 e. The molecule has 0 bridgehead atoms. The van der Waals surface area contributed by atoms with Gasteiger partial charge in [0.1, 0.15) is 6.04 Å². The van der Waals surface area contributed by atoms with Crippen LogP contribution in [0, 0.1) is 5.92 Å². The van der Waals surface area contributed by atoms with E-state index in [9.17, 15) is 9.59 Å². The molecule has 2 amide bonds. The van der Waals surface area contributed by atoms with E-state index in [0.29, 0.717) is 42.8 Å². The Bertz CT molecular complexity index is 702. The summed E-state index contributed by atoms with van der Waals surface area (Å²) in [5.41, 5.74) is 7.13. The van der Waals surface area contributed by atoms with Gasteiger partial charge in [0, 0.05) is 55.3 Å². The third-order valence-corrected chi connectivity index (χ3v) is 6.09. The summed E-state index contributed by atoms with van der Waals surface area (Å²) in [5.74, 6) is 0.416. The van der Waals surface area contributed by atoms with E-state index in [1.54, 1.807) is 24.3 Å². The SMILES string of the molecule is Cl.O=C(c1ccc(Cl)cc1)N1CCCN(C(=O)C2NNC3CCNCC32)CC1. The molecule has 0 aromatic heterocycles. The lowest BCUT2D eigenvalue weighted by Gasteiger charge is -2.30. The molecule has 154 valence electrons. The quantitative estimate of drug-likeness (QED) is 0.653. The number of carbonyl (C=O) groups excluding carboxylic acids is 2. The highest BCUT2D eigenvalue weighted by atomic mass is 35.5. The molecule has 3 heterocycles. The number of nitrogens with one attached hydrogen (secondary N) is 3. The van der Waals surface area contributed by atoms with Crippen LogP contribution in [0.15, 0.2) is 24.3 Å². The average Bonchev–Trinajstić information content (AvgIpc) is 2.96. The molecular formula is C19H27Cl2N5O2. The van der Waals surface area contributed by atoms with Gasteiger partial charge < -0.3 is 15.1 Å². The number of fused-ring (bicyclic) bond motifs is 1. The van der Waals surface area contributed by atoms with Crippen molar-refractivity contribution in [2.24, 2.45) is 5.92 Å². The second-order valence-corrected chi connectivity index (χ2v) is 7.94. The third kappa shape index (κ3) is 4.44. The molecular weight excluding hydrogens is 401 g/mol. The maximum atomic E-state index is 13.1. The first-order valence-corrected chi connectivity index (χ1v) is 10.1. The fraction of sp³-hybridized carbons (Fsp3) is 0.579.